The highest BCUT2D eigenvalue weighted by molar-refractivity contribution is 5.93. The monoisotopic (exact) mass is 287 g/mol. The van der Waals surface area contributed by atoms with Crippen molar-refractivity contribution < 1.29 is 14.3 Å². The summed E-state index contributed by atoms with van der Waals surface area (Å²) in [5.41, 5.74) is 11.7. The van der Waals surface area contributed by atoms with Crippen molar-refractivity contribution in [1.29, 1.82) is 0 Å². The molecule has 6 nitrogen and oxygen atoms in total. The number of methoxy groups -OCH3 is 1. The first kappa shape index (κ1) is 14.9. The minimum absolute atomic E-state index is 0.0735. The molecule has 0 bridgehead atoms. The summed E-state index contributed by atoms with van der Waals surface area (Å²) in [6.45, 7) is 1.92. The zero-order valence-electron chi connectivity index (χ0n) is 12.1. The lowest BCUT2D eigenvalue weighted by atomic mass is 10.0. The van der Waals surface area contributed by atoms with Crippen LogP contribution in [0.3, 0.4) is 0 Å². The van der Waals surface area contributed by atoms with Gasteiger partial charge >= 0.3 is 5.97 Å². The number of hydrogen-bond acceptors (Lipinski definition) is 4. The third-order valence-electron chi connectivity index (χ3n) is 3.37. The van der Waals surface area contributed by atoms with Crippen molar-refractivity contribution in [1.82, 2.24) is 0 Å². The maximum atomic E-state index is 11.8. The highest BCUT2D eigenvalue weighted by Crippen LogP contribution is 2.31. The molecule has 1 aromatic rings. The Bertz CT molecular complexity index is 631. The van der Waals surface area contributed by atoms with Crippen molar-refractivity contribution in [2.45, 2.75) is 26.2 Å². The van der Waals surface area contributed by atoms with Gasteiger partial charge in [0.15, 0.2) is 0 Å². The molecule has 0 radical (unpaired) electrons. The van der Waals surface area contributed by atoms with Crippen molar-refractivity contribution in [3.63, 3.8) is 0 Å². The maximum absolute atomic E-state index is 11.8. The molecule has 0 spiro atoms. The van der Waals surface area contributed by atoms with Crippen LogP contribution in [0, 0.1) is 0 Å². The first-order valence-corrected chi connectivity index (χ1v) is 6.83. The third-order valence-corrected chi connectivity index (χ3v) is 3.37. The summed E-state index contributed by atoms with van der Waals surface area (Å²) < 4.78 is 10.2. The largest absolute Gasteiger partial charge is 0.496 e. The number of ether oxygens (including phenoxy) is 2. The van der Waals surface area contributed by atoms with E-state index in [1.54, 1.807) is 14.0 Å². The van der Waals surface area contributed by atoms with E-state index < -0.39 is 5.97 Å². The molecule has 0 fully saturated rings. The van der Waals surface area contributed by atoms with E-state index in [1.807, 2.05) is 12.1 Å². The van der Waals surface area contributed by atoms with E-state index in [0.29, 0.717) is 11.3 Å². The van der Waals surface area contributed by atoms with Gasteiger partial charge in [-0.05, 0) is 61.1 Å². The van der Waals surface area contributed by atoms with Gasteiger partial charge in [0.05, 0.1) is 13.7 Å². The Kier molecular flexibility index (Phi) is 4.85. The van der Waals surface area contributed by atoms with E-state index in [4.69, 9.17) is 15.0 Å². The zero-order valence-corrected chi connectivity index (χ0v) is 12.1. The van der Waals surface area contributed by atoms with Gasteiger partial charge in [0.25, 0.3) is 0 Å². The molecular formula is C15H17N3O3. The van der Waals surface area contributed by atoms with Gasteiger partial charge in [-0.15, -0.1) is 0 Å². The van der Waals surface area contributed by atoms with Crippen molar-refractivity contribution in [2.24, 2.45) is 5.11 Å². The van der Waals surface area contributed by atoms with E-state index in [1.165, 1.54) is 17.2 Å². The smallest absolute Gasteiger partial charge is 0.340 e. The number of carbonyl (C=O) groups is 1. The number of aryl methyl sites for hydroxylation is 2. The minimum atomic E-state index is -0.641. The van der Waals surface area contributed by atoms with E-state index in [2.05, 4.69) is 10.0 Å². The SMILES string of the molecule is CCOC(=O)/C(=C/c1cc2c(cc1OC)CCC2)N=[N+]=[N-]. The lowest BCUT2D eigenvalue weighted by Crippen LogP contribution is -2.05. The van der Waals surface area contributed by atoms with E-state index in [9.17, 15) is 4.79 Å². The molecule has 1 aliphatic carbocycles. The lowest BCUT2D eigenvalue weighted by molar-refractivity contribution is -0.138. The summed E-state index contributed by atoms with van der Waals surface area (Å²) in [7, 11) is 1.58. The number of benzene rings is 1. The minimum Gasteiger partial charge on any atom is -0.496 e. The first-order chi connectivity index (χ1) is 10.2. The van der Waals surface area contributed by atoms with Crippen LogP contribution in [-0.4, -0.2) is 19.7 Å². The fourth-order valence-corrected chi connectivity index (χ4v) is 2.44. The molecular weight excluding hydrogens is 270 g/mol. The van der Waals surface area contributed by atoms with Crippen molar-refractivity contribution >= 4 is 12.0 Å². The molecule has 0 amide bonds. The molecule has 0 unspecified atom stereocenters. The van der Waals surface area contributed by atoms with Gasteiger partial charge in [-0.3, -0.25) is 0 Å². The average Bonchev–Trinajstić information content (AvgIpc) is 2.93. The Labute approximate surface area is 123 Å². The fraction of sp³-hybridized carbons (Fsp3) is 0.400. The molecule has 0 atom stereocenters. The van der Waals surface area contributed by atoms with Gasteiger partial charge in [-0.1, -0.05) is 5.11 Å². The fourth-order valence-electron chi connectivity index (χ4n) is 2.44. The maximum Gasteiger partial charge on any atom is 0.340 e. The summed E-state index contributed by atoms with van der Waals surface area (Å²) in [6, 6.07) is 3.96. The molecule has 0 N–H and O–H groups in total. The zero-order chi connectivity index (χ0) is 15.2. The number of nitrogens with zero attached hydrogens (tertiary/aromatic N) is 3. The molecule has 0 heterocycles. The number of hydrogen-bond donors (Lipinski definition) is 0. The van der Waals surface area contributed by atoms with Crippen LogP contribution in [0.25, 0.3) is 16.5 Å². The predicted octanol–water partition coefficient (Wildman–Crippen LogP) is 3.40. The number of esters is 1. The highest BCUT2D eigenvalue weighted by Gasteiger charge is 2.16. The number of azide groups is 1. The number of fused-ring (bicyclic) bond motifs is 1. The number of carbonyl (C=O) groups excluding carboxylic acids is 1. The molecule has 0 saturated heterocycles. The molecule has 0 aromatic heterocycles. The van der Waals surface area contributed by atoms with Gasteiger partial charge < -0.3 is 9.47 Å². The second-order valence-electron chi connectivity index (χ2n) is 4.66. The predicted molar refractivity (Wildman–Crippen MR) is 78.8 cm³/mol. The molecule has 1 aromatic carbocycles. The van der Waals surface area contributed by atoms with Crippen LogP contribution < -0.4 is 4.74 Å². The van der Waals surface area contributed by atoms with Gasteiger partial charge in [0, 0.05) is 10.5 Å². The molecule has 110 valence electrons. The van der Waals surface area contributed by atoms with Crippen LogP contribution in [0.2, 0.25) is 0 Å². The Morgan fingerprint density at radius 1 is 1.43 bits per heavy atom. The molecule has 1 aliphatic rings. The topological polar surface area (TPSA) is 84.3 Å². The third kappa shape index (κ3) is 3.35. The highest BCUT2D eigenvalue weighted by atomic mass is 16.5. The molecule has 21 heavy (non-hydrogen) atoms. The van der Waals surface area contributed by atoms with Crippen molar-refractivity contribution in [2.75, 3.05) is 13.7 Å². The molecule has 0 aliphatic heterocycles. The van der Waals surface area contributed by atoms with E-state index in [-0.39, 0.29) is 12.3 Å². The standard InChI is InChI=1S/C15H17N3O3/c1-3-21-15(19)13(17-18-16)8-12-7-10-5-4-6-11(10)9-14(12)20-2/h7-9H,3-6H2,1-2H3/b13-8-. The second-order valence-corrected chi connectivity index (χ2v) is 4.66. The Hall–Kier alpha value is -2.46. The van der Waals surface area contributed by atoms with Gasteiger partial charge in [-0.25, -0.2) is 4.79 Å². The van der Waals surface area contributed by atoms with Crippen LogP contribution in [-0.2, 0) is 22.4 Å². The molecule has 0 saturated carbocycles. The summed E-state index contributed by atoms with van der Waals surface area (Å²) in [5.74, 6) is 0.0171. The summed E-state index contributed by atoms with van der Waals surface area (Å²) >= 11 is 0. The lowest BCUT2D eigenvalue weighted by Gasteiger charge is -2.09. The summed E-state index contributed by atoms with van der Waals surface area (Å²) in [4.78, 5) is 14.5. The van der Waals surface area contributed by atoms with Crippen LogP contribution in [0.4, 0.5) is 0 Å². The molecule has 6 heteroatoms. The van der Waals surface area contributed by atoms with E-state index in [0.717, 1.165) is 19.3 Å². The Morgan fingerprint density at radius 3 is 2.76 bits per heavy atom. The average molecular weight is 287 g/mol. The van der Waals surface area contributed by atoms with Crippen LogP contribution in [0.5, 0.6) is 5.75 Å². The molecule has 2 rings (SSSR count). The van der Waals surface area contributed by atoms with Gasteiger partial charge in [0.1, 0.15) is 11.4 Å². The van der Waals surface area contributed by atoms with E-state index >= 15 is 0 Å². The quantitative estimate of drug-likeness (QED) is 0.273. The van der Waals surface area contributed by atoms with Crippen LogP contribution in [0.15, 0.2) is 22.9 Å². The van der Waals surface area contributed by atoms with Crippen molar-refractivity contribution in [3.8, 4) is 5.75 Å². The van der Waals surface area contributed by atoms with Gasteiger partial charge in [-0.2, -0.15) is 0 Å². The number of rotatable bonds is 5. The van der Waals surface area contributed by atoms with Crippen LogP contribution in [0.1, 0.15) is 30.0 Å². The summed E-state index contributed by atoms with van der Waals surface area (Å²) in [6.07, 6.45) is 4.68. The van der Waals surface area contributed by atoms with Gasteiger partial charge in [0.2, 0.25) is 0 Å². The summed E-state index contributed by atoms with van der Waals surface area (Å²) in [5, 5.41) is 3.42. The van der Waals surface area contributed by atoms with Crippen molar-refractivity contribution in [3.05, 3.63) is 45.0 Å². The van der Waals surface area contributed by atoms with Crippen LogP contribution >= 0.6 is 0 Å². The first-order valence-electron chi connectivity index (χ1n) is 6.83. The normalized spacial score (nSPS) is 13.3. The Balaban J connectivity index is 2.45. The second kappa shape index (κ2) is 6.81. The Morgan fingerprint density at radius 2 is 2.14 bits per heavy atom.